The van der Waals surface area contributed by atoms with Gasteiger partial charge in [-0.05, 0) is 36.4 Å². The largest absolute Gasteiger partial charge is 0.491 e. The lowest BCUT2D eigenvalue weighted by Crippen LogP contribution is -2.48. The van der Waals surface area contributed by atoms with Gasteiger partial charge < -0.3 is 29.1 Å². The molecule has 0 saturated carbocycles. The number of hydrogen-bond donors (Lipinski definition) is 1. The number of halogens is 4. The third-order valence-electron chi connectivity index (χ3n) is 6.23. The SMILES string of the molecule is Cl.Cl.O=C(O)N1CCN(c2ccc(OCC3COC(Cn4cncn4)(c4ccc(Cl)cc4Cl)O3)cc2)CC1. The van der Waals surface area contributed by atoms with E-state index in [9.17, 15) is 4.79 Å². The van der Waals surface area contributed by atoms with Crippen LogP contribution >= 0.6 is 48.0 Å². The predicted molar refractivity (Wildman–Crippen MR) is 147 cm³/mol. The minimum atomic E-state index is -1.16. The molecule has 1 amide bonds. The van der Waals surface area contributed by atoms with Gasteiger partial charge in [0.1, 0.15) is 37.7 Å². The van der Waals surface area contributed by atoms with Gasteiger partial charge in [0.2, 0.25) is 5.79 Å². The molecule has 2 fully saturated rings. The minimum absolute atomic E-state index is 0. The summed E-state index contributed by atoms with van der Waals surface area (Å²) in [5, 5.41) is 14.3. The highest BCUT2D eigenvalue weighted by molar-refractivity contribution is 6.35. The smallest absolute Gasteiger partial charge is 0.407 e. The summed E-state index contributed by atoms with van der Waals surface area (Å²) in [6, 6.07) is 12.9. The molecule has 2 saturated heterocycles. The van der Waals surface area contributed by atoms with Crippen LogP contribution in [0.2, 0.25) is 10.0 Å². The Kier molecular flexibility index (Phi) is 10.3. The van der Waals surface area contributed by atoms with Crippen molar-refractivity contribution < 1.29 is 24.1 Å². The molecule has 2 aliphatic heterocycles. The van der Waals surface area contributed by atoms with Gasteiger partial charge in [-0.25, -0.2) is 14.5 Å². The highest BCUT2D eigenvalue weighted by Gasteiger charge is 2.45. The first-order chi connectivity index (χ1) is 17.4. The van der Waals surface area contributed by atoms with E-state index in [2.05, 4.69) is 15.0 Å². The topological polar surface area (TPSA) is 102 Å². The number of carbonyl (C=O) groups is 1. The molecule has 1 aromatic heterocycles. The summed E-state index contributed by atoms with van der Waals surface area (Å²) in [6.07, 6.45) is 1.82. The average Bonchev–Trinajstić information content (AvgIpc) is 3.54. The zero-order valence-electron chi connectivity index (χ0n) is 20.1. The molecule has 2 aliphatic rings. The normalized spacial score (nSPS) is 20.9. The van der Waals surface area contributed by atoms with Crippen molar-refractivity contribution in [2.45, 2.75) is 18.4 Å². The molecule has 5 rings (SSSR count). The molecular weight excluding hydrogens is 580 g/mol. The Balaban J connectivity index is 0.00000200. The van der Waals surface area contributed by atoms with Crippen LogP contribution in [0.5, 0.6) is 5.75 Å². The van der Waals surface area contributed by atoms with Gasteiger partial charge in [-0.3, -0.25) is 0 Å². The standard InChI is InChI=1S/C24H25Cl2N5O5.2ClH/c25-17-1-6-21(22(26)11-17)24(14-31-16-27-15-28-31)35-13-20(36-24)12-34-19-4-2-18(3-5-19)29-7-9-30(10-8-29)23(32)33;;/h1-6,11,15-16,20H,7-10,12-14H2,(H,32,33);2*1H. The lowest BCUT2D eigenvalue weighted by atomic mass is 10.1. The minimum Gasteiger partial charge on any atom is -0.491 e. The lowest BCUT2D eigenvalue weighted by Gasteiger charge is -2.34. The van der Waals surface area contributed by atoms with E-state index in [1.807, 2.05) is 24.3 Å². The number of carboxylic acid groups (broad SMARTS) is 1. The van der Waals surface area contributed by atoms with Gasteiger partial charge in [-0.2, -0.15) is 5.10 Å². The summed E-state index contributed by atoms with van der Waals surface area (Å²) in [5.74, 6) is -0.462. The maximum Gasteiger partial charge on any atom is 0.407 e. The van der Waals surface area contributed by atoms with E-state index in [0.717, 1.165) is 5.69 Å². The summed E-state index contributed by atoms with van der Waals surface area (Å²) in [4.78, 5) is 18.7. The Morgan fingerprint density at radius 3 is 2.47 bits per heavy atom. The second-order valence-corrected chi connectivity index (χ2v) is 9.43. The lowest BCUT2D eigenvalue weighted by molar-refractivity contribution is -0.190. The molecule has 1 N–H and O–H groups in total. The quantitative estimate of drug-likeness (QED) is 0.417. The number of rotatable bonds is 7. The van der Waals surface area contributed by atoms with Gasteiger partial charge in [-0.1, -0.05) is 29.3 Å². The van der Waals surface area contributed by atoms with Crippen molar-refractivity contribution >= 4 is 59.8 Å². The number of anilines is 1. The molecule has 3 aromatic rings. The third-order valence-corrected chi connectivity index (χ3v) is 6.77. The number of hydrogen-bond acceptors (Lipinski definition) is 7. The van der Waals surface area contributed by atoms with E-state index >= 15 is 0 Å². The number of aromatic nitrogens is 3. The molecule has 10 nitrogen and oxygen atoms in total. The van der Waals surface area contributed by atoms with Crippen LogP contribution < -0.4 is 9.64 Å². The maximum atomic E-state index is 11.1. The van der Waals surface area contributed by atoms with Crippen LogP contribution in [-0.4, -0.2) is 76.4 Å². The average molecular weight is 607 g/mol. The van der Waals surface area contributed by atoms with E-state index < -0.39 is 11.9 Å². The third kappa shape index (κ3) is 6.74. The van der Waals surface area contributed by atoms with Crippen LogP contribution in [0.25, 0.3) is 0 Å². The van der Waals surface area contributed by atoms with E-state index in [4.69, 9.17) is 42.5 Å². The van der Waals surface area contributed by atoms with Gasteiger partial charge in [-0.15, -0.1) is 24.8 Å². The Morgan fingerprint density at radius 1 is 1.11 bits per heavy atom. The van der Waals surface area contributed by atoms with Crippen molar-refractivity contribution in [1.82, 2.24) is 19.7 Å². The Bertz CT molecular complexity index is 1200. The molecule has 0 spiro atoms. The number of ether oxygens (including phenoxy) is 3. The zero-order valence-corrected chi connectivity index (χ0v) is 23.3. The van der Waals surface area contributed by atoms with Crippen LogP contribution in [0.15, 0.2) is 55.1 Å². The second-order valence-electron chi connectivity index (χ2n) is 8.58. The molecule has 14 heteroatoms. The summed E-state index contributed by atoms with van der Waals surface area (Å²) >= 11 is 12.6. The summed E-state index contributed by atoms with van der Waals surface area (Å²) in [7, 11) is 0. The summed E-state index contributed by atoms with van der Waals surface area (Å²) in [5.41, 5.74) is 1.68. The number of piperazine rings is 1. The first-order valence-electron chi connectivity index (χ1n) is 11.5. The molecule has 0 radical (unpaired) electrons. The van der Waals surface area contributed by atoms with Crippen molar-refractivity contribution in [1.29, 1.82) is 0 Å². The van der Waals surface area contributed by atoms with Gasteiger partial charge in [0, 0.05) is 42.5 Å². The zero-order chi connectivity index (χ0) is 25.1. The molecule has 3 heterocycles. The summed E-state index contributed by atoms with van der Waals surface area (Å²) < 4.78 is 20.2. The molecule has 38 heavy (non-hydrogen) atoms. The Morgan fingerprint density at radius 2 is 1.84 bits per heavy atom. The van der Waals surface area contributed by atoms with Crippen molar-refractivity contribution in [3.05, 3.63) is 70.7 Å². The molecule has 206 valence electrons. The fraction of sp³-hybridized carbons (Fsp3) is 0.375. The van der Waals surface area contributed by atoms with Gasteiger partial charge in [0.25, 0.3) is 0 Å². The van der Waals surface area contributed by atoms with Crippen molar-refractivity contribution in [3.63, 3.8) is 0 Å². The molecule has 2 unspecified atom stereocenters. The second kappa shape index (κ2) is 13.1. The number of amides is 1. The van der Waals surface area contributed by atoms with Gasteiger partial charge >= 0.3 is 6.09 Å². The van der Waals surface area contributed by atoms with E-state index in [-0.39, 0.29) is 44.1 Å². The molecular formula is C24H27Cl4N5O5. The van der Waals surface area contributed by atoms with Crippen LogP contribution in [-0.2, 0) is 21.8 Å². The van der Waals surface area contributed by atoms with Crippen molar-refractivity contribution in [3.8, 4) is 5.75 Å². The van der Waals surface area contributed by atoms with Crippen LogP contribution in [0, 0.1) is 0 Å². The molecule has 2 aromatic carbocycles. The number of nitrogens with zero attached hydrogens (tertiary/aromatic N) is 5. The molecule has 0 aliphatic carbocycles. The monoisotopic (exact) mass is 605 g/mol. The first-order valence-corrected chi connectivity index (χ1v) is 12.2. The highest BCUT2D eigenvalue weighted by atomic mass is 35.5. The van der Waals surface area contributed by atoms with Crippen molar-refractivity contribution in [2.24, 2.45) is 0 Å². The maximum absolute atomic E-state index is 11.1. The fourth-order valence-electron chi connectivity index (χ4n) is 4.38. The Hall–Kier alpha value is -2.47. The number of benzene rings is 2. The predicted octanol–water partition coefficient (Wildman–Crippen LogP) is 4.58. The van der Waals surface area contributed by atoms with Gasteiger partial charge in [0.15, 0.2) is 0 Å². The molecule has 0 bridgehead atoms. The van der Waals surface area contributed by atoms with Gasteiger partial charge in [0.05, 0.1) is 11.6 Å². The van der Waals surface area contributed by atoms with Crippen LogP contribution in [0.1, 0.15) is 5.56 Å². The first kappa shape index (κ1) is 30.1. The van der Waals surface area contributed by atoms with E-state index in [1.165, 1.54) is 11.2 Å². The molecule has 2 atom stereocenters. The van der Waals surface area contributed by atoms with E-state index in [1.54, 1.807) is 29.2 Å². The fourth-order valence-corrected chi connectivity index (χ4v) is 4.93. The highest BCUT2D eigenvalue weighted by Crippen LogP contribution is 2.40. The van der Waals surface area contributed by atoms with Crippen LogP contribution in [0.4, 0.5) is 10.5 Å². The van der Waals surface area contributed by atoms with Crippen molar-refractivity contribution in [2.75, 3.05) is 44.3 Å². The van der Waals surface area contributed by atoms with Crippen LogP contribution in [0.3, 0.4) is 0 Å². The Labute approximate surface area is 242 Å². The van der Waals surface area contributed by atoms with E-state index in [0.29, 0.717) is 54.1 Å². The summed E-state index contributed by atoms with van der Waals surface area (Å²) in [6.45, 7) is 3.12.